The summed E-state index contributed by atoms with van der Waals surface area (Å²) in [4.78, 5) is 0. The van der Waals surface area contributed by atoms with E-state index in [1.54, 1.807) is 18.9 Å². The van der Waals surface area contributed by atoms with E-state index in [9.17, 15) is 8.78 Å². The quantitative estimate of drug-likeness (QED) is 0.830. The Labute approximate surface area is 116 Å². The fourth-order valence-corrected chi connectivity index (χ4v) is 1.87. The molecule has 0 saturated carbocycles. The van der Waals surface area contributed by atoms with Gasteiger partial charge in [0.1, 0.15) is 12.4 Å². The molecule has 1 aliphatic rings. The summed E-state index contributed by atoms with van der Waals surface area (Å²) < 4.78 is 32.8. The van der Waals surface area contributed by atoms with Crippen LogP contribution in [-0.4, -0.2) is 24.3 Å². The second kappa shape index (κ2) is 6.02. The molecule has 1 aliphatic heterocycles. The van der Waals surface area contributed by atoms with Gasteiger partial charge >= 0.3 is 0 Å². The van der Waals surface area contributed by atoms with Gasteiger partial charge in [-0.3, -0.25) is 5.01 Å². The Bertz CT molecular complexity index is 507. The van der Waals surface area contributed by atoms with Gasteiger partial charge in [0.25, 0.3) is 0 Å². The van der Waals surface area contributed by atoms with Crippen molar-refractivity contribution in [1.82, 2.24) is 5.01 Å². The molecular formula is C13H18F2N4O. The molecule has 0 aromatic heterocycles. The van der Waals surface area contributed by atoms with Crippen molar-refractivity contribution in [2.75, 3.05) is 18.2 Å². The summed E-state index contributed by atoms with van der Waals surface area (Å²) in [6.07, 6.45) is 0.722. The molecule has 5 nitrogen and oxygen atoms in total. The zero-order valence-electron chi connectivity index (χ0n) is 11.8. The monoisotopic (exact) mass is 284 g/mol. The van der Waals surface area contributed by atoms with Gasteiger partial charge in [0.15, 0.2) is 17.4 Å². The molecule has 1 aromatic carbocycles. The molecule has 0 spiro atoms. The van der Waals surface area contributed by atoms with Crippen LogP contribution in [0.15, 0.2) is 22.6 Å². The lowest BCUT2D eigenvalue weighted by molar-refractivity contribution is 0.230. The second-order valence-electron chi connectivity index (χ2n) is 4.85. The van der Waals surface area contributed by atoms with Gasteiger partial charge in [-0.1, -0.05) is 12.1 Å². The van der Waals surface area contributed by atoms with Crippen LogP contribution in [0.4, 0.5) is 14.5 Å². The summed E-state index contributed by atoms with van der Waals surface area (Å²) in [7, 11) is 0. The van der Waals surface area contributed by atoms with Crippen molar-refractivity contribution in [2.24, 2.45) is 10.4 Å². The summed E-state index contributed by atoms with van der Waals surface area (Å²) in [5.41, 5.74) is 0.157. The molecule has 1 aromatic rings. The Morgan fingerprint density at radius 3 is 2.65 bits per heavy atom. The highest BCUT2D eigenvalue weighted by molar-refractivity contribution is 5.52. The highest BCUT2D eigenvalue weighted by Crippen LogP contribution is 2.30. The fraction of sp³-hybridized carbons (Fsp3) is 0.538. The highest BCUT2D eigenvalue weighted by atomic mass is 19.1. The maximum Gasteiger partial charge on any atom is 0.168 e. The summed E-state index contributed by atoms with van der Waals surface area (Å²) in [5.74, 6) is -1.39. The Kier molecular flexibility index (Phi) is 4.36. The molecule has 0 unspecified atom stereocenters. The average molecular weight is 284 g/mol. The molecule has 110 valence electrons. The third kappa shape index (κ3) is 3.15. The Balaban J connectivity index is 2.22. The molecule has 0 aliphatic carbocycles. The standard InChI is InChI=1S/C13H18F2N4O/c1-4-5-18-8-19(17-16-18)12-7-13(20-9(2)3)11(15)6-10(12)14/h6-7,9H,4-5,8H2,1-3H3. The van der Waals surface area contributed by atoms with Crippen molar-refractivity contribution in [1.29, 1.82) is 0 Å². The number of hydrogen-bond donors (Lipinski definition) is 0. The zero-order chi connectivity index (χ0) is 14.7. The number of benzene rings is 1. The van der Waals surface area contributed by atoms with E-state index in [0.717, 1.165) is 19.0 Å². The molecule has 20 heavy (non-hydrogen) atoms. The van der Waals surface area contributed by atoms with Crippen LogP contribution >= 0.6 is 0 Å². The van der Waals surface area contributed by atoms with Gasteiger partial charge in [-0.25, -0.2) is 13.8 Å². The van der Waals surface area contributed by atoms with E-state index in [1.807, 2.05) is 6.92 Å². The van der Waals surface area contributed by atoms with Crippen LogP contribution in [0.2, 0.25) is 0 Å². The van der Waals surface area contributed by atoms with E-state index in [-0.39, 0.29) is 17.5 Å². The third-order valence-electron chi connectivity index (χ3n) is 2.70. The van der Waals surface area contributed by atoms with E-state index >= 15 is 0 Å². The van der Waals surface area contributed by atoms with E-state index in [1.165, 1.54) is 11.1 Å². The largest absolute Gasteiger partial charge is 0.488 e. The number of rotatable bonds is 5. The summed E-state index contributed by atoms with van der Waals surface area (Å²) in [5, 5.41) is 10.9. The maximum atomic E-state index is 13.9. The fourth-order valence-electron chi connectivity index (χ4n) is 1.87. The predicted octanol–water partition coefficient (Wildman–Crippen LogP) is 3.52. The topological polar surface area (TPSA) is 40.4 Å². The molecule has 1 heterocycles. The van der Waals surface area contributed by atoms with E-state index < -0.39 is 11.6 Å². The number of hydrogen-bond acceptors (Lipinski definition) is 5. The first-order chi connectivity index (χ1) is 9.51. The first-order valence-electron chi connectivity index (χ1n) is 6.61. The van der Waals surface area contributed by atoms with Gasteiger partial charge in [0, 0.05) is 18.7 Å². The number of nitrogens with zero attached hydrogens (tertiary/aromatic N) is 4. The Morgan fingerprint density at radius 2 is 2.00 bits per heavy atom. The molecule has 0 N–H and O–H groups in total. The first kappa shape index (κ1) is 14.5. The van der Waals surface area contributed by atoms with Crippen LogP contribution < -0.4 is 9.75 Å². The summed E-state index contributed by atoms with van der Waals surface area (Å²) in [6.45, 7) is 6.66. The lowest BCUT2D eigenvalue weighted by Gasteiger charge is -2.18. The highest BCUT2D eigenvalue weighted by Gasteiger charge is 2.22. The van der Waals surface area contributed by atoms with Gasteiger partial charge in [0.05, 0.1) is 6.10 Å². The Hall–Kier alpha value is -1.92. The van der Waals surface area contributed by atoms with Crippen LogP contribution in [0.25, 0.3) is 0 Å². The number of anilines is 1. The molecule has 0 atom stereocenters. The molecule has 7 heteroatoms. The van der Waals surface area contributed by atoms with Crippen molar-refractivity contribution < 1.29 is 13.5 Å². The lowest BCUT2D eigenvalue weighted by Crippen LogP contribution is -2.26. The van der Waals surface area contributed by atoms with Crippen molar-refractivity contribution in [3.05, 3.63) is 23.8 Å². The predicted molar refractivity (Wildman–Crippen MR) is 71.3 cm³/mol. The van der Waals surface area contributed by atoms with E-state index in [4.69, 9.17) is 4.74 Å². The summed E-state index contributed by atoms with van der Waals surface area (Å²) in [6, 6.07) is 2.13. The van der Waals surface area contributed by atoms with Crippen LogP contribution in [0.5, 0.6) is 5.75 Å². The Morgan fingerprint density at radius 1 is 1.25 bits per heavy atom. The van der Waals surface area contributed by atoms with E-state index in [2.05, 4.69) is 10.4 Å². The van der Waals surface area contributed by atoms with Crippen molar-refractivity contribution in [3.63, 3.8) is 0 Å². The van der Waals surface area contributed by atoms with Crippen LogP contribution in [0.3, 0.4) is 0 Å². The van der Waals surface area contributed by atoms with Crippen LogP contribution in [0.1, 0.15) is 27.2 Å². The molecule has 0 radical (unpaired) electrons. The second-order valence-corrected chi connectivity index (χ2v) is 4.85. The minimum absolute atomic E-state index is 0.0144. The van der Waals surface area contributed by atoms with Gasteiger partial charge in [0.2, 0.25) is 0 Å². The van der Waals surface area contributed by atoms with Gasteiger partial charge in [-0.2, -0.15) is 0 Å². The zero-order valence-corrected chi connectivity index (χ0v) is 11.8. The smallest absolute Gasteiger partial charge is 0.168 e. The lowest BCUT2D eigenvalue weighted by atomic mass is 10.2. The van der Waals surface area contributed by atoms with Crippen molar-refractivity contribution >= 4 is 5.69 Å². The SMILES string of the molecule is CCCN1CN(c2cc(OC(C)C)c(F)cc2F)N=N1. The van der Waals surface area contributed by atoms with Crippen LogP contribution in [0, 0.1) is 11.6 Å². The third-order valence-corrected chi connectivity index (χ3v) is 2.70. The van der Waals surface area contributed by atoms with Crippen molar-refractivity contribution in [3.8, 4) is 5.75 Å². The molecule has 0 saturated heterocycles. The first-order valence-corrected chi connectivity index (χ1v) is 6.61. The molecule has 0 bridgehead atoms. The molecule has 0 amide bonds. The maximum absolute atomic E-state index is 13.9. The minimum atomic E-state index is -0.721. The van der Waals surface area contributed by atoms with Gasteiger partial charge in [-0.05, 0) is 25.5 Å². The average Bonchev–Trinajstić information content (AvgIpc) is 2.81. The molecule has 0 fully saturated rings. The normalized spacial score (nSPS) is 14.5. The number of ether oxygens (including phenoxy) is 1. The van der Waals surface area contributed by atoms with E-state index in [0.29, 0.717) is 6.67 Å². The van der Waals surface area contributed by atoms with Gasteiger partial charge in [-0.15, -0.1) is 0 Å². The molecular weight excluding hydrogens is 266 g/mol. The summed E-state index contributed by atoms with van der Waals surface area (Å²) >= 11 is 0. The van der Waals surface area contributed by atoms with Gasteiger partial charge < -0.3 is 4.74 Å². The van der Waals surface area contributed by atoms with Crippen LogP contribution in [-0.2, 0) is 0 Å². The number of halogens is 2. The van der Waals surface area contributed by atoms with Crippen molar-refractivity contribution in [2.45, 2.75) is 33.3 Å². The minimum Gasteiger partial charge on any atom is -0.488 e. The molecule has 2 rings (SSSR count).